The molecule has 12 aromatic rings. The van der Waals surface area contributed by atoms with Crippen molar-refractivity contribution in [3.8, 4) is 44.5 Å². The van der Waals surface area contributed by atoms with Crippen LogP contribution in [0.25, 0.3) is 98.4 Å². The van der Waals surface area contributed by atoms with Crippen LogP contribution in [-0.4, -0.2) is 0 Å². The van der Waals surface area contributed by atoms with Gasteiger partial charge in [-0.2, -0.15) is 0 Å². The number of anilines is 3. The van der Waals surface area contributed by atoms with Gasteiger partial charge in [0.25, 0.3) is 0 Å². The third-order valence-electron chi connectivity index (χ3n) is 16.0. The van der Waals surface area contributed by atoms with Crippen molar-refractivity contribution in [3.05, 3.63) is 247 Å². The molecule has 2 aliphatic carbocycles. The average molecular weight is 880 g/mol. The molecule has 1 nitrogen and oxygen atoms in total. The molecular formula is C68H49N. The highest BCUT2D eigenvalue weighted by Gasteiger charge is 2.39. The first-order valence-corrected chi connectivity index (χ1v) is 24.4. The highest BCUT2D eigenvalue weighted by molar-refractivity contribution is 6.15. The Balaban J connectivity index is 0.892. The zero-order valence-corrected chi connectivity index (χ0v) is 39.3. The number of fused-ring (bicyclic) bond motifs is 13. The van der Waals surface area contributed by atoms with Crippen LogP contribution in [0.4, 0.5) is 17.1 Å². The third kappa shape index (κ3) is 5.84. The quantitative estimate of drug-likeness (QED) is 0.156. The molecule has 0 unspecified atom stereocenters. The highest BCUT2D eigenvalue weighted by atomic mass is 15.1. The molecule has 0 aliphatic heterocycles. The first-order chi connectivity index (χ1) is 33.7. The standard InChI is InChI=1S/C68H49N/c1-67(2)62-38-45(60-36-43-17-6-8-20-49(43)52-23-11-13-25-54(52)60)28-32-56(62)58-34-30-47(40-64(58)67)69(66-27-15-19-42-16-5-10-22-51(42)66)48-31-35-59-57-33-29-46(39-63(57)68(3,4)65(59)41-48)61-37-44-18-7-9-21-50(44)53-24-12-14-26-55(53)61/h5-41H,1-4H3. The van der Waals surface area contributed by atoms with Gasteiger partial charge in [0.2, 0.25) is 0 Å². The summed E-state index contributed by atoms with van der Waals surface area (Å²) in [5, 5.41) is 12.8. The van der Waals surface area contributed by atoms with Crippen molar-refractivity contribution in [2.45, 2.75) is 38.5 Å². The lowest BCUT2D eigenvalue weighted by Gasteiger charge is -2.30. The van der Waals surface area contributed by atoms with E-state index in [0.717, 1.165) is 11.4 Å². The SMILES string of the molecule is CC1(C)c2cc(-c3cc4ccccc4c4ccccc34)ccc2-c2ccc(N(c3ccc4c(c3)C(C)(C)c3cc(-c5cc6ccccc6c6ccccc56)ccc3-4)c3cccc4ccccc34)cc21. The second-order valence-electron chi connectivity index (χ2n) is 20.4. The molecule has 0 saturated heterocycles. The third-order valence-corrected chi connectivity index (χ3v) is 16.0. The zero-order chi connectivity index (χ0) is 46.2. The van der Waals surface area contributed by atoms with Crippen LogP contribution in [0.15, 0.2) is 224 Å². The predicted molar refractivity (Wildman–Crippen MR) is 295 cm³/mol. The van der Waals surface area contributed by atoms with Crippen LogP contribution in [0.2, 0.25) is 0 Å². The molecule has 0 bridgehead atoms. The minimum atomic E-state index is -0.233. The summed E-state index contributed by atoms with van der Waals surface area (Å²) in [6, 6.07) is 84.4. The van der Waals surface area contributed by atoms with Crippen LogP contribution >= 0.6 is 0 Å². The van der Waals surface area contributed by atoms with Crippen LogP contribution in [-0.2, 0) is 10.8 Å². The van der Waals surface area contributed by atoms with Gasteiger partial charge in [0.15, 0.2) is 0 Å². The largest absolute Gasteiger partial charge is 0.310 e. The maximum atomic E-state index is 2.51. The Hall–Kier alpha value is -8.26. The minimum absolute atomic E-state index is 0.233. The van der Waals surface area contributed by atoms with Crippen molar-refractivity contribution in [1.82, 2.24) is 0 Å². The minimum Gasteiger partial charge on any atom is -0.310 e. The summed E-state index contributed by atoms with van der Waals surface area (Å²) in [5.74, 6) is 0. The summed E-state index contributed by atoms with van der Waals surface area (Å²) in [6.45, 7) is 9.65. The van der Waals surface area contributed by atoms with Crippen LogP contribution in [0.5, 0.6) is 0 Å². The topological polar surface area (TPSA) is 3.24 Å². The lowest BCUT2D eigenvalue weighted by atomic mass is 9.80. The first kappa shape index (κ1) is 39.9. The van der Waals surface area contributed by atoms with Crippen LogP contribution in [0, 0.1) is 0 Å². The van der Waals surface area contributed by atoms with Crippen LogP contribution in [0.1, 0.15) is 49.9 Å². The Bertz CT molecular complexity index is 3910. The number of hydrogen-bond acceptors (Lipinski definition) is 1. The lowest BCUT2D eigenvalue weighted by molar-refractivity contribution is 0.660. The Morgan fingerprint density at radius 1 is 0.261 bits per heavy atom. The number of hydrogen-bond donors (Lipinski definition) is 0. The van der Waals surface area contributed by atoms with E-state index in [0.29, 0.717) is 0 Å². The molecular weight excluding hydrogens is 831 g/mol. The second kappa shape index (κ2) is 14.6. The molecule has 0 heterocycles. The fourth-order valence-corrected chi connectivity index (χ4v) is 12.5. The van der Waals surface area contributed by atoms with Crippen molar-refractivity contribution in [3.63, 3.8) is 0 Å². The van der Waals surface area contributed by atoms with Gasteiger partial charge in [0, 0.05) is 27.6 Å². The molecule has 0 N–H and O–H groups in total. The summed E-state index contributed by atoms with van der Waals surface area (Å²) >= 11 is 0. The summed E-state index contributed by atoms with van der Waals surface area (Å²) in [6.07, 6.45) is 0. The molecule has 1 heteroatoms. The zero-order valence-electron chi connectivity index (χ0n) is 39.3. The fourth-order valence-electron chi connectivity index (χ4n) is 12.5. The highest BCUT2D eigenvalue weighted by Crippen LogP contribution is 2.55. The van der Waals surface area contributed by atoms with Crippen molar-refractivity contribution >= 4 is 70.9 Å². The number of benzene rings is 12. The van der Waals surface area contributed by atoms with Crippen LogP contribution < -0.4 is 4.90 Å². The molecule has 0 radical (unpaired) electrons. The van der Waals surface area contributed by atoms with Gasteiger partial charge in [-0.3, -0.25) is 0 Å². The Labute approximate surface area is 403 Å². The molecule has 0 saturated carbocycles. The fraction of sp³-hybridized carbons (Fsp3) is 0.0882. The van der Waals surface area contributed by atoms with Gasteiger partial charge in [-0.1, -0.05) is 198 Å². The number of rotatable bonds is 5. The first-order valence-electron chi connectivity index (χ1n) is 24.4. The van der Waals surface area contributed by atoms with Crippen molar-refractivity contribution < 1.29 is 0 Å². The van der Waals surface area contributed by atoms with E-state index in [1.165, 1.54) is 126 Å². The molecule has 69 heavy (non-hydrogen) atoms. The molecule has 326 valence electrons. The Kier molecular flexibility index (Phi) is 8.45. The molecule has 0 amide bonds. The summed E-state index contributed by atoms with van der Waals surface area (Å²) in [5.41, 5.74) is 18.8. The van der Waals surface area contributed by atoms with E-state index >= 15 is 0 Å². The summed E-state index contributed by atoms with van der Waals surface area (Å²) in [7, 11) is 0. The summed E-state index contributed by atoms with van der Waals surface area (Å²) < 4.78 is 0. The maximum absolute atomic E-state index is 2.51. The van der Waals surface area contributed by atoms with E-state index < -0.39 is 0 Å². The van der Waals surface area contributed by atoms with E-state index in [-0.39, 0.29) is 10.8 Å². The summed E-state index contributed by atoms with van der Waals surface area (Å²) in [4.78, 5) is 2.51. The maximum Gasteiger partial charge on any atom is 0.0540 e. The molecule has 14 rings (SSSR count). The monoisotopic (exact) mass is 879 g/mol. The van der Waals surface area contributed by atoms with E-state index in [4.69, 9.17) is 0 Å². The van der Waals surface area contributed by atoms with E-state index in [1.54, 1.807) is 0 Å². The van der Waals surface area contributed by atoms with E-state index in [9.17, 15) is 0 Å². The molecule has 0 atom stereocenters. The normalized spacial score (nSPS) is 14.0. The predicted octanol–water partition coefficient (Wildman–Crippen LogP) is 18.9. The van der Waals surface area contributed by atoms with Gasteiger partial charge in [0.1, 0.15) is 0 Å². The van der Waals surface area contributed by atoms with Gasteiger partial charge in [-0.05, 0) is 170 Å². The Morgan fingerprint density at radius 3 is 1.10 bits per heavy atom. The average Bonchev–Trinajstić information content (AvgIpc) is 3.76. The van der Waals surface area contributed by atoms with Gasteiger partial charge >= 0.3 is 0 Å². The number of nitrogens with zero attached hydrogens (tertiary/aromatic N) is 1. The molecule has 2 aliphatic rings. The van der Waals surface area contributed by atoms with Gasteiger partial charge in [0.05, 0.1) is 5.69 Å². The lowest BCUT2D eigenvalue weighted by Crippen LogP contribution is -2.18. The van der Waals surface area contributed by atoms with Gasteiger partial charge < -0.3 is 4.90 Å². The van der Waals surface area contributed by atoms with Crippen molar-refractivity contribution in [2.75, 3.05) is 4.90 Å². The molecule has 0 aromatic heterocycles. The van der Waals surface area contributed by atoms with E-state index in [2.05, 4.69) is 257 Å². The molecule has 0 spiro atoms. The Morgan fingerprint density at radius 2 is 0.623 bits per heavy atom. The van der Waals surface area contributed by atoms with Crippen LogP contribution in [0.3, 0.4) is 0 Å². The van der Waals surface area contributed by atoms with E-state index in [1.807, 2.05) is 0 Å². The van der Waals surface area contributed by atoms with Crippen molar-refractivity contribution in [1.29, 1.82) is 0 Å². The smallest absolute Gasteiger partial charge is 0.0540 e. The van der Waals surface area contributed by atoms with Gasteiger partial charge in [-0.25, -0.2) is 0 Å². The molecule has 12 aromatic carbocycles. The van der Waals surface area contributed by atoms with Crippen molar-refractivity contribution in [2.24, 2.45) is 0 Å². The second-order valence-corrected chi connectivity index (χ2v) is 20.4. The molecule has 0 fully saturated rings. The van der Waals surface area contributed by atoms with Gasteiger partial charge in [-0.15, -0.1) is 0 Å².